The predicted octanol–water partition coefficient (Wildman–Crippen LogP) is 4.40. The van der Waals surface area contributed by atoms with Gasteiger partial charge in [0, 0.05) is 5.69 Å². The highest BCUT2D eigenvalue weighted by atomic mass is 19.1. The molecule has 1 aromatic heterocycles. The van der Waals surface area contributed by atoms with Crippen molar-refractivity contribution in [2.45, 2.75) is 32.9 Å². The fourth-order valence-corrected chi connectivity index (χ4v) is 2.92. The average molecular weight is 438 g/mol. The van der Waals surface area contributed by atoms with Gasteiger partial charge in [-0.3, -0.25) is 9.59 Å². The summed E-state index contributed by atoms with van der Waals surface area (Å²) in [5, 5.41) is 5.41. The summed E-state index contributed by atoms with van der Waals surface area (Å²) in [4.78, 5) is 37.2. The lowest BCUT2D eigenvalue weighted by Gasteiger charge is -2.18. The smallest absolute Gasteiger partial charge is 0.338 e. The Morgan fingerprint density at radius 2 is 1.75 bits per heavy atom. The van der Waals surface area contributed by atoms with Gasteiger partial charge in [0.15, 0.2) is 11.9 Å². The van der Waals surface area contributed by atoms with Crippen LogP contribution in [-0.4, -0.2) is 23.9 Å². The third kappa shape index (κ3) is 5.60. The van der Waals surface area contributed by atoms with Gasteiger partial charge in [-0.15, -0.1) is 0 Å². The standard InChI is InChI=1S/C24H23FN2O5/c1-14-6-7-18(13-20(14)27-23(29)21-5-4-12-31-21)24(30)32-16(3)22(28)26-15(2)17-8-10-19(25)11-9-17/h4-13,15-16H,1-3H3,(H,26,28)(H,27,29)/t15-,16+/m1/s1. The van der Waals surface area contributed by atoms with Gasteiger partial charge in [-0.2, -0.15) is 0 Å². The largest absolute Gasteiger partial charge is 0.459 e. The van der Waals surface area contributed by atoms with Crippen LogP contribution >= 0.6 is 0 Å². The molecule has 0 radical (unpaired) electrons. The first-order chi connectivity index (χ1) is 15.2. The minimum atomic E-state index is -1.06. The topological polar surface area (TPSA) is 97.6 Å². The maximum absolute atomic E-state index is 13.1. The van der Waals surface area contributed by atoms with Crippen LogP contribution in [0.3, 0.4) is 0 Å². The van der Waals surface area contributed by atoms with Gasteiger partial charge in [0.25, 0.3) is 11.8 Å². The molecule has 2 amide bonds. The molecule has 0 saturated heterocycles. The van der Waals surface area contributed by atoms with Gasteiger partial charge < -0.3 is 19.8 Å². The van der Waals surface area contributed by atoms with E-state index in [1.54, 1.807) is 44.2 Å². The van der Waals surface area contributed by atoms with Crippen molar-refractivity contribution < 1.29 is 27.9 Å². The molecule has 2 atom stereocenters. The van der Waals surface area contributed by atoms with Crippen LogP contribution in [0.25, 0.3) is 0 Å². The number of hydrogen-bond acceptors (Lipinski definition) is 5. The van der Waals surface area contributed by atoms with E-state index in [4.69, 9.17) is 9.15 Å². The van der Waals surface area contributed by atoms with Crippen LogP contribution in [0.15, 0.2) is 65.3 Å². The molecule has 8 heteroatoms. The second-order valence-electron chi connectivity index (χ2n) is 7.29. The molecule has 0 unspecified atom stereocenters. The number of halogens is 1. The van der Waals surface area contributed by atoms with Gasteiger partial charge in [0.2, 0.25) is 0 Å². The summed E-state index contributed by atoms with van der Waals surface area (Å²) >= 11 is 0. The Hall–Kier alpha value is -3.94. The minimum Gasteiger partial charge on any atom is -0.459 e. The van der Waals surface area contributed by atoms with E-state index in [1.165, 1.54) is 37.5 Å². The van der Waals surface area contributed by atoms with Crippen LogP contribution < -0.4 is 10.6 Å². The van der Waals surface area contributed by atoms with Crippen LogP contribution in [0.5, 0.6) is 0 Å². The molecule has 0 aliphatic rings. The molecule has 0 fully saturated rings. The number of benzene rings is 2. The number of carbonyl (C=O) groups is 3. The van der Waals surface area contributed by atoms with Gasteiger partial charge in [0.05, 0.1) is 17.9 Å². The summed E-state index contributed by atoms with van der Waals surface area (Å²) < 4.78 is 23.4. The van der Waals surface area contributed by atoms with Gasteiger partial charge in [-0.05, 0) is 68.3 Å². The van der Waals surface area contributed by atoms with Gasteiger partial charge in [-0.1, -0.05) is 18.2 Å². The van der Waals surface area contributed by atoms with E-state index in [2.05, 4.69) is 10.6 Å². The van der Waals surface area contributed by atoms with Crippen molar-refractivity contribution in [3.63, 3.8) is 0 Å². The zero-order chi connectivity index (χ0) is 23.3. The highest BCUT2D eigenvalue weighted by molar-refractivity contribution is 6.03. The lowest BCUT2D eigenvalue weighted by molar-refractivity contribution is -0.129. The molecule has 0 bridgehead atoms. The Morgan fingerprint density at radius 3 is 2.41 bits per heavy atom. The van der Waals surface area contributed by atoms with E-state index in [0.717, 1.165) is 5.56 Å². The Balaban J connectivity index is 1.62. The van der Waals surface area contributed by atoms with E-state index in [1.807, 2.05) is 0 Å². The van der Waals surface area contributed by atoms with E-state index < -0.39 is 29.9 Å². The molecule has 1 heterocycles. The Kier molecular flexibility index (Phi) is 7.04. The summed E-state index contributed by atoms with van der Waals surface area (Å²) in [5.41, 5.74) is 2.05. The van der Waals surface area contributed by atoms with Gasteiger partial charge in [-0.25, -0.2) is 9.18 Å². The molecule has 2 aromatic carbocycles. The highest BCUT2D eigenvalue weighted by Gasteiger charge is 2.22. The highest BCUT2D eigenvalue weighted by Crippen LogP contribution is 2.20. The van der Waals surface area contributed by atoms with E-state index in [9.17, 15) is 18.8 Å². The molecule has 0 spiro atoms. The van der Waals surface area contributed by atoms with Crippen molar-refractivity contribution in [1.82, 2.24) is 5.32 Å². The van der Waals surface area contributed by atoms with Crippen molar-refractivity contribution in [2.24, 2.45) is 0 Å². The second-order valence-corrected chi connectivity index (χ2v) is 7.29. The third-order valence-corrected chi connectivity index (χ3v) is 4.85. The Bertz CT molecular complexity index is 1110. The molecule has 0 saturated carbocycles. The summed E-state index contributed by atoms with van der Waals surface area (Å²) in [6.07, 6.45) is 0.326. The van der Waals surface area contributed by atoms with Crippen molar-refractivity contribution in [1.29, 1.82) is 0 Å². The number of hydrogen-bond donors (Lipinski definition) is 2. The van der Waals surface area contributed by atoms with Crippen LogP contribution in [0.2, 0.25) is 0 Å². The summed E-state index contributed by atoms with van der Waals surface area (Å²) in [7, 11) is 0. The number of aryl methyl sites for hydroxylation is 1. The molecule has 166 valence electrons. The number of rotatable bonds is 7. The zero-order valence-corrected chi connectivity index (χ0v) is 17.8. The number of nitrogens with one attached hydrogen (secondary N) is 2. The Morgan fingerprint density at radius 1 is 1.03 bits per heavy atom. The molecule has 32 heavy (non-hydrogen) atoms. The molecule has 0 aliphatic carbocycles. The van der Waals surface area contributed by atoms with E-state index >= 15 is 0 Å². The van der Waals surface area contributed by atoms with E-state index in [0.29, 0.717) is 11.3 Å². The lowest BCUT2D eigenvalue weighted by atomic mass is 10.1. The number of esters is 1. The number of furan rings is 1. The summed E-state index contributed by atoms with van der Waals surface area (Å²) in [6.45, 7) is 4.98. The van der Waals surface area contributed by atoms with Crippen LogP contribution in [-0.2, 0) is 9.53 Å². The molecular weight excluding hydrogens is 415 g/mol. The fourth-order valence-electron chi connectivity index (χ4n) is 2.92. The quantitative estimate of drug-likeness (QED) is 0.533. The molecule has 3 aromatic rings. The van der Waals surface area contributed by atoms with Crippen LogP contribution in [0.1, 0.15) is 51.9 Å². The van der Waals surface area contributed by atoms with Gasteiger partial charge >= 0.3 is 5.97 Å². The molecule has 7 nitrogen and oxygen atoms in total. The Labute approximate surface area is 184 Å². The second kappa shape index (κ2) is 9.91. The lowest BCUT2D eigenvalue weighted by Crippen LogP contribution is -2.37. The molecule has 0 aliphatic heterocycles. The minimum absolute atomic E-state index is 0.137. The van der Waals surface area contributed by atoms with Crippen molar-refractivity contribution in [3.05, 3.63) is 89.1 Å². The van der Waals surface area contributed by atoms with Crippen molar-refractivity contribution in [3.8, 4) is 0 Å². The number of amides is 2. The molecule has 2 N–H and O–H groups in total. The summed E-state index contributed by atoms with van der Waals surface area (Å²) in [5.74, 6) is -1.89. The van der Waals surface area contributed by atoms with Gasteiger partial charge in [0.1, 0.15) is 5.82 Å². The molecular formula is C24H23FN2O5. The number of anilines is 1. The van der Waals surface area contributed by atoms with Crippen LogP contribution in [0.4, 0.5) is 10.1 Å². The fraction of sp³-hybridized carbons (Fsp3) is 0.208. The number of carbonyl (C=O) groups excluding carboxylic acids is 3. The summed E-state index contributed by atoms with van der Waals surface area (Å²) in [6, 6.07) is 13.2. The maximum Gasteiger partial charge on any atom is 0.338 e. The predicted molar refractivity (Wildman–Crippen MR) is 116 cm³/mol. The third-order valence-electron chi connectivity index (χ3n) is 4.85. The monoisotopic (exact) mass is 438 g/mol. The van der Waals surface area contributed by atoms with Crippen molar-refractivity contribution in [2.75, 3.05) is 5.32 Å². The SMILES string of the molecule is Cc1ccc(C(=O)O[C@@H](C)C(=O)N[C@H](C)c2ccc(F)cc2)cc1NC(=O)c1ccco1. The van der Waals surface area contributed by atoms with Crippen LogP contribution in [0, 0.1) is 12.7 Å². The number of ether oxygens (including phenoxy) is 1. The van der Waals surface area contributed by atoms with E-state index in [-0.39, 0.29) is 17.1 Å². The first-order valence-electron chi connectivity index (χ1n) is 9.97. The maximum atomic E-state index is 13.1. The van der Waals surface area contributed by atoms with Crippen molar-refractivity contribution >= 4 is 23.5 Å². The normalized spacial score (nSPS) is 12.5. The first-order valence-corrected chi connectivity index (χ1v) is 9.97. The molecule has 3 rings (SSSR count). The zero-order valence-electron chi connectivity index (χ0n) is 17.8. The average Bonchev–Trinajstić information content (AvgIpc) is 3.30. The first kappa shape index (κ1) is 22.7.